The van der Waals surface area contributed by atoms with E-state index in [1.54, 1.807) is 0 Å². The van der Waals surface area contributed by atoms with Crippen LogP contribution in [0.25, 0.3) is 34.1 Å². The van der Waals surface area contributed by atoms with Crippen molar-refractivity contribution in [1.82, 2.24) is 4.57 Å². The minimum Gasteiger partial charge on any atom is -0.316 e. The Morgan fingerprint density at radius 1 is 0.571 bits per heavy atom. The van der Waals surface area contributed by atoms with Gasteiger partial charge in [-0.1, -0.05) is 66.7 Å². The van der Waals surface area contributed by atoms with Gasteiger partial charge in [-0.15, -0.1) is 0 Å². The molecule has 0 spiro atoms. The first-order valence-corrected chi connectivity index (χ1v) is 7.14. The summed E-state index contributed by atoms with van der Waals surface area (Å²) in [6.45, 7) is 0. The lowest BCUT2D eigenvalue weighted by Crippen LogP contribution is -1.84. The molecule has 1 nitrogen and oxygen atoms in total. The predicted octanol–water partition coefficient (Wildman–Crippen LogP) is 5.42. The van der Waals surface area contributed by atoms with E-state index in [1.165, 1.54) is 27.4 Å². The average Bonchev–Trinajstić information content (AvgIpc) is 2.88. The number of nitrogens with zero attached hydrogens (tertiary/aromatic N) is 1. The van der Waals surface area contributed by atoms with Crippen LogP contribution >= 0.6 is 0 Å². The third-order valence-corrected chi connectivity index (χ3v) is 3.83. The summed E-state index contributed by atoms with van der Waals surface area (Å²) in [5.74, 6) is 0. The highest BCUT2D eigenvalue weighted by molar-refractivity contribution is 6.09. The summed E-state index contributed by atoms with van der Waals surface area (Å²) in [5.41, 5.74) is 3.69. The third-order valence-electron chi connectivity index (χ3n) is 3.83. The highest BCUT2D eigenvalue weighted by Gasteiger charge is 2.06. The normalized spacial score (nSPS) is 11.6. The lowest BCUT2D eigenvalue weighted by Gasteiger charge is -2.00. The number of aromatic nitrogens is 1. The Morgan fingerprint density at radius 2 is 1.10 bits per heavy atom. The van der Waals surface area contributed by atoms with Gasteiger partial charge in [-0.3, -0.25) is 0 Å². The third kappa shape index (κ3) is 2.03. The maximum Gasteiger partial charge on any atom is 0.0534 e. The number of hydrogen-bond acceptors (Lipinski definition) is 0. The van der Waals surface area contributed by atoms with Gasteiger partial charge in [-0.25, -0.2) is 0 Å². The van der Waals surface area contributed by atoms with Crippen molar-refractivity contribution in [3.63, 3.8) is 0 Å². The van der Waals surface area contributed by atoms with Crippen LogP contribution in [0.1, 0.15) is 5.56 Å². The molecule has 0 aliphatic heterocycles. The zero-order chi connectivity index (χ0) is 14.1. The van der Waals surface area contributed by atoms with Gasteiger partial charge in [0.2, 0.25) is 0 Å². The van der Waals surface area contributed by atoms with Crippen molar-refractivity contribution in [2.24, 2.45) is 0 Å². The van der Waals surface area contributed by atoms with E-state index in [1.807, 2.05) is 6.07 Å². The van der Waals surface area contributed by atoms with Crippen LogP contribution in [0, 0.1) is 0 Å². The first-order chi connectivity index (χ1) is 10.4. The van der Waals surface area contributed by atoms with Crippen molar-refractivity contribution in [1.29, 1.82) is 0 Å². The van der Waals surface area contributed by atoms with Crippen molar-refractivity contribution in [2.75, 3.05) is 0 Å². The van der Waals surface area contributed by atoms with Crippen LogP contribution in [0.2, 0.25) is 0 Å². The quantitative estimate of drug-likeness (QED) is 0.457. The van der Waals surface area contributed by atoms with Crippen LogP contribution in [-0.4, -0.2) is 4.57 Å². The molecule has 4 rings (SSSR count). The smallest absolute Gasteiger partial charge is 0.0534 e. The Kier molecular flexibility index (Phi) is 2.82. The van der Waals surface area contributed by atoms with E-state index < -0.39 is 0 Å². The average molecular weight is 269 g/mol. The Bertz CT molecular complexity index is 877. The van der Waals surface area contributed by atoms with Crippen LogP contribution in [0.15, 0.2) is 78.9 Å². The topological polar surface area (TPSA) is 4.93 Å². The van der Waals surface area contributed by atoms with Gasteiger partial charge in [0, 0.05) is 17.0 Å². The van der Waals surface area contributed by atoms with E-state index in [0.29, 0.717) is 0 Å². The molecule has 0 atom stereocenters. The van der Waals surface area contributed by atoms with Crippen molar-refractivity contribution >= 4 is 34.1 Å². The van der Waals surface area contributed by atoms with Gasteiger partial charge in [0.1, 0.15) is 0 Å². The second-order valence-electron chi connectivity index (χ2n) is 5.13. The molecule has 0 bridgehead atoms. The van der Waals surface area contributed by atoms with E-state index in [2.05, 4.69) is 89.6 Å². The molecule has 1 heterocycles. The SMILES string of the molecule is C(=C\n1c2ccccc2c2ccccc21)/c1ccccc1. The van der Waals surface area contributed by atoms with Crippen molar-refractivity contribution in [3.05, 3.63) is 84.4 Å². The van der Waals surface area contributed by atoms with E-state index in [0.717, 1.165) is 0 Å². The van der Waals surface area contributed by atoms with E-state index in [-0.39, 0.29) is 0 Å². The van der Waals surface area contributed by atoms with Gasteiger partial charge >= 0.3 is 0 Å². The molecule has 0 amide bonds. The lowest BCUT2D eigenvalue weighted by molar-refractivity contribution is 1.30. The zero-order valence-corrected chi connectivity index (χ0v) is 11.6. The molecule has 21 heavy (non-hydrogen) atoms. The monoisotopic (exact) mass is 269 g/mol. The first-order valence-electron chi connectivity index (χ1n) is 7.14. The molecule has 0 saturated heterocycles. The van der Waals surface area contributed by atoms with Gasteiger partial charge in [-0.2, -0.15) is 0 Å². The van der Waals surface area contributed by atoms with Gasteiger partial charge in [0.15, 0.2) is 0 Å². The van der Waals surface area contributed by atoms with Crippen LogP contribution in [0.5, 0.6) is 0 Å². The van der Waals surface area contributed by atoms with Crippen LogP contribution in [0.3, 0.4) is 0 Å². The molecule has 0 unspecified atom stereocenters. The molecule has 0 radical (unpaired) electrons. The van der Waals surface area contributed by atoms with Gasteiger partial charge in [-0.05, 0) is 23.8 Å². The highest BCUT2D eigenvalue weighted by atomic mass is 14.9. The largest absolute Gasteiger partial charge is 0.316 e. The molecule has 0 fully saturated rings. The number of hydrogen-bond donors (Lipinski definition) is 0. The zero-order valence-electron chi connectivity index (χ0n) is 11.6. The maximum absolute atomic E-state index is 2.26. The van der Waals surface area contributed by atoms with Crippen LogP contribution in [-0.2, 0) is 0 Å². The molecule has 4 aromatic rings. The summed E-state index contributed by atoms with van der Waals surface area (Å²) < 4.78 is 2.26. The summed E-state index contributed by atoms with van der Waals surface area (Å²) in [5, 5.41) is 2.59. The minimum atomic E-state index is 1.21. The number of fused-ring (bicyclic) bond motifs is 3. The van der Waals surface area contributed by atoms with Crippen LogP contribution in [0.4, 0.5) is 0 Å². The standard InChI is InChI=1S/C20H15N/c1-2-8-16(9-3-1)14-15-21-19-12-6-4-10-17(19)18-11-5-7-13-20(18)21/h1-15H/b15-14+. The molecule has 0 saturated carbocycles. The maximum atomic E-state index is 2.26. The molecule has 3 aromatic carbocycles. The predicted molar refractivity (Wildman–Crippen MR) is 91.1 cm³/mol. The van der Waals surface area contributed by atoms with E-state index in [4.69, 9.17) is 0 Å². The van der Waals surface area contributed by atoms with Crippen LogP contribution < -0.4 is 0 Å². The summed E-state index contributed by atoms with van der Waals surface area (Å²) in [6.07, 6.45) is 4.30. The number of benzene rings is 3. The fourth-order valence-corrected chi connectivity index (χ4v) is 2.84. The highest BCUT2D eigenvalue weighted by Crippen LogP contribution is 2.29. The van der Waals surface area contributed by atoms with Crippen molar-refractivity contribution in [2.45, 2.75) is 0 Å². The molecular weight excluding hydrogens is 254 g/mol. The Hall–Kier alpha value is -2.80. The summed E-state index contributed by atoms with van der Waals surface area (Å²) in [6, 6.07) is 27.5. The van der Waals surface area contributed by atoms with Gasteiger partial charge in [0.05, 0.1) is 11.0 Å². The summed E-state index contributed by atoms with van der Waals surface area (Å²) in [7, 11) is 0. The molecule has 0 N–H and O–H groups in total. The number of para-hydroxylation sites is 2. The molecule has 100 valence electrons. The molecular formula is C20H15N. The summed E-state index contributed by atoms with van der Waals surface area (Å²) in [4.78, 5) is 0. The Labute approximate surface area is 123 Å². The fraction of sp³-hybridized carbons (Fsp3) is 0. The lowest BCUT2D eigenvalue weighted by atomic mass is 10.2. The molecule has 0 aliphatic rings. The van der Waals surface area contributed by atoms with Crippen molar-refractivity contribution < 1.29 is 0 Å². The first kappa shape index (κ1) is 12.0. The van der Waals surface area contributed by atoms with Crippen molar-refractivity contribution in [3.8, 4) is 0 Å². The Morgan fingerprint density at radius 3 is 1.71 bits per heavy atom. The molecule has 1 aromatic heterocycles. The Balaban J connectivity index is 1.96. The molecule has 0 aliphatic carbocycles. The summed E-state index contributed by atoms with van der Waals surface area (Å²) >= 11 is 0. The van der Waals surface area contributed by atoms with E-state index >= 15 is 0 Å². The molecule has 1 heteroatoms. The van der Waals surface area contributed by atoms with Gasteiger partial charge in [0.25, 0.3) is 0 Å². The second-order valence-corrected chi connectivity index (χ2v) is 5.13. The minimum absolute atomic E-state index is 1.21. The fourth-order valence-electron chi connectivity index (χ4n) is 2.84. The second kappa shape index (κ2) is 4.95. The van der Waals surface area contributed by atoms with Gasteiger partial charge < -0.3 is 4.57 Å². The number of rotatable bonds is 2. The van der Waals surface area contributed by atoms with E-state index in [9.17, 15) is 0 Å².